The van der Waals surface area contributed by atoms with Crippen LogP contribution in [0.15, 0.2) is 64.6 Å². The van der Waals surface area contributed by atoms with Gasteiger partial charge in [-0.1, -0.05) is 12.0 Å². The van der Waals surface area contributed by atoms with E-state index in [0.29, 0.717) is 19.8 Å². The first-order valence-corrected chi connectivity index (χ1v) is 10.1. The number of hydrogen-bond acceptors (Lipinski definition) is 4. The van der Waals surface area contributed by atoms with E-state index in [9.17, 15) is 4.79 Å². The predicted molar refractivity (Wildman–Crippen MR) is 125 cm³/mol. The molecule has 0 bridgehead atoms. The second-order valence-electron chi connectivity index (χ2n) is 6.95. The van der Waals surface area contributed by atoms with Crippen LogP contribution < -0.4 is 16.7 Å². The van der Waals surface area contributed by atoms with Crippen LogP contribution in [0.4, 0.5) is 11.4 Å². The quantitative estimate of drug-likeness (QED) is 0.242. The van der Waals surface area contributed by atoms with Crippen molar-refractivity contribution in [3.05, 3.63) is 76.5 Å². The number of ether oxygens (including phenoxy) is 1. The number of hydrogen-bond donors (Lipinski definition) is 2. The molecule has 7 heteroatoms. The Morgan fingerprint density at radius 2 is 2.13 bits per heavy atom. The Balaban J connectivity index is 1.92. The van der Waals surface area contributed by atoms with Crippen LogP contribution in [0, 0.1) is 12.3 Å². The third-order valence-corrected chi connectivity index (χ3v) is 4.91. The molecule has 3 aromatic rings. The summed E-state index contributed by atoms with van der Waals surface area (Å²) >= 11 is 0. The fraction of sp³-hybridized carbons (Fsp3) is 0.250. The van der Waals surface area contributed by atoms with E-state index in [1.807, 2.05) is 56.3 Å². The Bertz CT molecular complexity index is 1150. The number of rotatable bonds is 9. The summed E-state index contributed by atoms with van der Waals surface area (Å²) < 4.78 is 8.60. The number of nitrogens with one attached hydrogen (secondary N) is 1. The molecular weight excluding hydrogens is 390 g/mol. The molecule has 3 rings (SSSR count). The lowest BCUT2D eigenvalue weighted by Crippen LogP contribution is -2.24. The van der Waals surface area contributed by atoms with Gasteiger partial charge in [-0.2, -0.15) is 0 Å². The van der Waals surface area contributed by atoms with Gasteiger partial charge in [-0.15, -0.1) is 6.42 Å². The highest BCUT2D eigenvalue weighted by Gasteiger charge is 2.14. The van der Waals surface area contributed by atoms with Crippen LogP contribution in [0.25, 0.3) is 5.69 Å². The molecule has 0 aliphatic rings. The van der Waals surface area contributed by atoms with E-state index in [1.165, 1.54) is 6.34 Å². The van der Waals surface area contributed by atoms with Crippen molar-refractivity contribution in [2.24, 2.45) is 10.7 Å². The number of nitrogens with two attached hydrogens (primary N) is 1. The largest absolute Gasteiger partial charge is 0.390 e. The third-order valence-electron chi connectivity index (χ3n) is 4.91. The highest BCUT2D eigenvalue weighted by Crippen LogP contribution is 2.30. The summed E-state index contributed by atoms with van der Waals surface area (Å²) in [6.45, 7) is 5.57. The normalized spacial score (nSPS) is 12.0. The molecule has 1 heterocycles. The van der Waals surface area contributed by atoms with Crippen molar-refractivity contribution in [3.8, 4) is 18.0 Å². The summed E-state index contributed by atoms with van der Waals surface area (Å²) in [5, 5.41) is 3.45. The van der Waals surface area contributed by atoms with Gasteiger partial charge in [-0.3, -0.25) is 9.13 Å². The first-order chi connectivity index (χ1) is 15.1. The summed E-state index contributed by atoms with van der Waals surface area (Å²) in [5.74, 6) is 2.64. The van der Waals surface area contributed by atoms with Crippen LogP contribution in [-0.4, -0.2) is 28.7 Å². The molecular formula is C24H27N5O2. The number of aromatic nitrogens is 2. The van der Waals surface area contributed by atoms with Gasteiger partial charge < -0.3 is 15.8 Å². The van der Waals surface area contributed by atoms with E-state index in [-0.39, 0.29) is 11.7 Å². The van der Waals surface area contributed by atoms with Crippen molar-refractivity contribution in [1.82, 2.24) is 9.13 Å². The van der Waals surface area contributed by atoms with Crippen LogP contribution in [-0.2, 0) is 11.3 Å². The molecule has 1 atom stereocenters. The van der Waals surface area contributed by atoms with Crippen molar-refractivity contribution in [1.29, 1.82) is 0 Å². The van der Waals surface area contributed by atoms with Crippen molar-refractivity contribution < 1.29 is 4.74 Å². The maximum atomic E-state index is 12.8. The Hall–Kier alpha value is -3.76. The summed E-state index contributed by atoms with van der Waals surface area (Å²) in [6, 6.07) is 13.2. The molecule has 2 aromatic carbocycles. The number of terminal acetylenes is 1. The van der Waals surface area contributed by atoms with Gasteiger partial charge >= 0.3 is 5.69 Å². The molecule has 31 heavy (non-hydrogen) atoms. The number of imidazole rings is 1. The molecule has 0 aliphatic heterocycles. The first-order valence-electron chi connectivity index (χ1n) is 10.1. The second kappa shape index (κ2) is 10.3. The highest BCUT2D eigenvalue weighted by atomic mass is 16.5. The maximum absolute atomic E-state index is 12.8. The van der Waals surface area contributed by atoms with Gasteiger partial charge in [0.25, 0.3) is 0 Å². The van der Waals surface area contributed by atoms with Gasteiger partial charge in [-0.25, -0.2) is 9.79 Å². The molecule has 1 aromatic heterocycles. The minimum atomic E-state index is -0.122. The van der Waals surface area contributed by atoms with Gasteiger partial charge in [0.1, 0.15) is 0 Å². The number of benzene rings is 2. The Labute approximate surface area is 182 Å². The van der Waals surface area contributed by atoms with Crippen molar-refractivity contribution in [2.75, 3.05) is 18.5 Å². The van der Waals surface area contributed by atoms with E-state index < -0.39 is 0 Å². The number of aliphatic imine (C=N–C) groups is 1. The van der Waals surface area contributed by atoms with Gasteiger partial charge in [0, 0.05) is 35.8 Å². The standard InChI is InChI=1S/C24H27N5O2/c1-4-19-7-6-8-20(15-19)27-18(3)22-16-21(9-10-23(22)26-17-25)29-12-11-28(24(29)30)13-14-31-5-2/h1,6-12,15-18,27H,5,13-14H2,2-3H3,(H2,25,26). The summed E-state index contributed by atoms with van der Waals surface area (Å²) in [6.07, 6.45) is 10.3. The van der Waals surface area contributed by atoms with Crippen LogP contribution in [0.1, 0.15) is 31.0 Å². The van der Waals surface area contributed by atoms with E-state index in [1.54, 1.807) is 21.5 Å². The summed E-state index contributed by atoms with van der Waals surface area (Å²) in [5.41, 5.74) is 9.50. The molecule has 0 saturated heterocycles. The van der Waals surface area contributed by atoms with Gasteiger partial charge in [0.05, 0.1) is 36.9 Å². The lowest BCUT2D eigenvalue weighted by atomic mass is 10.0. The van der Waals surface area contributed by atoms with E-state index in [4.69, 9.17) is 16.9 Å². The van der Waals surface area contributed by atoms with Crippen LogP contribution in [0.5, 0.6) is 0 Å². The molecule has 3 N–H and O–H groups in total. The summed E-state index contributed by atoms with van der Waals surface area (Å²) in [7, 11) is 0. The molecule has 7 nitrogen and oxygen atoms in total. The molecule has 160 valence electrons. The zero-order valence-corrected chi connectivity index (χ0v) is 17.8. The Kier molecular flexibility index (Phi) is 7.31. The van der Waals surface area contributed by atoms with Crippen LogP contribution in [0.3, 0.4) is 0 Å². The smallest absolute Gasteiger partial charge is 0.332 e. The molecule has 0 radical (unpaired) electrons. The second-order valence-corrected chi connectivity index (χ2v) is 6.95. The molecule has 0 aliphatic carbocycles. The predicted octanol–water partition coefficient (Wildman–Crippen LogP) is 3.45. The van der Waals surface area contributed by atoms with E-state index in [2.05, 4.69) is 16.2 Å². The van der Waals surface area contributed by atoms with Gasteiger partial charge in [-0.05, 0) is 50.2 Å². The first kappa shape index (κ1) is 21.9. The summed E-state index contributed by atoms with van der Waals surface area (Å²) in [4.78, 5) is 17.1. The fourth-order valence-corrected chi connectivity index (χ4v) is 3.35. The molecule has 0 spiro atoms. The number of anilines is 1. The number of nitrogens with zero attached hydrogens (tertiary/aromatic N) is 3. The molecule has 1 unspecified atom stereocenters. The minimum absolute atomic E-state index is 0.109. The SMILES string of the molecule is C#Cc1cccc(NC(C)c2cc(-n3ccn(CCOCC)c3=O)ccc2N=CN)c1. The molecule has 0 amide bonds. The van der Waals surface area contributed by atoms with Crippen LogP contribution >= 0.6 is 0 Å². The zero-order valence-electron chi connectivity index (χ0n) is 17.8. The van der Waals surface area contributed by atoms with Crippen molar-refractivity contribution in [3.63, 3.8) is 0 Å². The van der Waals surface area contributed by atoms with Crippen molar-refractivity contribution in [2.45, 2.75) is 26.4 Å². The molecule has 0 fully saturated rings. The Morgan fingerprint density at radius 3 is 2.87 bits per heavy atom. The van der Waals surface area contributed by atoms with E-state index in [0.717, 1.165) is 28.2 Å². The van der Waals surface area contributed by atoms with Gasteiger partial charge in [0.2, 0.25) is 0 Å². The monoisotopic (exact) mass is 417 g/mol. The lowest BCUT2D eigenvalue weighted by Gasteiger charge is -2.19. The highest BCUT2D eigenvalue weighted by molar-refractivity contribution is 5.64. The topological polar surface area (TPSA) is 86.6 Å². The average molecular weight is 418 g/mol. The Morgan fingerprint density at radius 1 is 1.29 bits per heavy atom. The van der Waals surface area contributed by atoms with Gasteiger partial charge in [0.15, 0.2) is 0 Å². The fourth-order valence-electron chi connectivity index (χ4n) is 3.35. The van der Waals surface area contributed by atoms with Crippen LogP contribution in [0.2, 0.25) is 0 Å². The van der Waals surface area contributed by atoms with E-state index >= 15 is 0 Å². The lowest BCUT2D eigenvalue weighted by molar-refractivity contribution is 0.138. The maximum Gasteiger partial charge on any atom is 0.332 e. The third kappa shape index (κ3) is 5.24. The average Bonchev–Trinajstić information content (AvgIpc) is 3.15. The minimum Gasteiger partial charge on any atom is -0.390 e. The van der Waals surface area contributed by atoms with Crippen molar-refractivity contribution >= 4 is 17.7 Å². The molecule has 0 saturated carbocycles. The zero-order chi connectivity index (χ0) is 22.2.